The molecular formula is C6H12N4S. The average molecular weight is 172 g/mol. The molecule has 1 aromatic heterocycles. The lowest BCUT2D eigenvalue weighted by atomic mass is 10.4. The van der Waals surface area contributed by atoms with E-state index in [1.165, 1.54) is 11.5 Å². The van der Waals surface area contributed by atoms with Crippen LogP contribution in [0.5, 0.6) is 0 Å². The smallest absolute Gasteiger partial charge is 0.199 e. The van der Waals surface area contributed by atoms with Crippen LogP contribution in [0.4, 0.5) is 5.13 Å². The Bertz CT molecular complexity index is 220. The van der Waals surface area contributed by atoms with Crippen molar-refractivity contribution in [3.05, 3.63) is 5.82 Å². The molecule has 1 aromatic rings. The third-order valence-electron chi connectivity index (χ3n) is 1.27. The molecule has 0 aliphatic rings. The van der Waals surface area contributed by atoms with Crippen molar-refractivity contribution in [2.45, 2.75) is 6.42 Å². The topological polar surface area (TPSA) is 55.0 Å². The first-order valence-electron chi connectivity index (χ1n) is 3.41. The van der Waals surface area contributed by atoms with Crippen molar-refractivity contribution in [2.24, 2.45) is 0 Å². The molecule has 0 saturated carbocycles. The second kappa shape index (κ2) is 3.64. The van der Waals surface area contributed by atoms with Gasteiger partial charge in [0.2, 0.25) is 0 Å². The summed E-state index contributed by atoms with van der Waals surface area (Å²) < 4.78 is 4.07. The number of rotatable bonds is 3. The molecule has 1 heterocycles. The van der Waals surface area contributed by atoms with E-state index in [2.05, 4.69) is 14.3 Å². The van der Waals surface area contributed by atoms with E-state index in [1.807, 2.05) is 14.1 Å². The number of hydrogen-bond acceptors (Lipinski definition) is 5. The van der Waals surface area contributed by atoms with E-state index in [1.54, 1.807) is 0 Å². The minimum absolute atomic E-state index is 0.554. The highest BCUT2D eigenvalue weighted by Gasteiger charge is 2.00. The van der Waals surface area contributed by atoms with Crippen molar-refractivity contribution in [1.29, 1.82) is 0 Å². The maximum Gasteiger partial charge on any atom is 0.199 e. The first-order valence-corrected chi connectivity index (χ1v) is 4.18. The fourth-order valence-electron chi connectivity index (χ4n) is 0.693. The standard InChI is InChI=1S/C6H12N4S/c1-10(2)4-3-5-8-6(7)11-9-5/h3-4H2,1-2H3,(H2,7,8,9). The van der Waals surface area contributed by atoms with Gasteiger partial charge in [0.1, 0.15) is 5.82 Å². The van der Waals surface area contributed by atoms with Crippen molar-refractivity contribution < 1.29 is 0 Å². The summed E-state index contributed by atoms with van der Waals surface area (Å²) in [5, 5.41) is 0.554. The first kappa shape index (κ1) is 8.42. The predicted octanol–water partition coefficient (Wildman–Crippen LogP) is 0.224. The zero-order valence-corrected chi connectivity index (χ0v) is 7.56. The van der Waals surface area contributed by atoms with Gasteiger partial charge in [-0.25, -0.2) is 4.98 Å². The number of aromatic nitrogens is 2. The van der Waals surface area contributed by atoms with Gasteiger partial charge in [-0.15, -0.1) is 0 Å². The minimum atomic E-state index is 0.554. The Kier molecular flexibility index (Phi) is 2.78. The van der Waals surface area contributed by atoms with E-state index in [-0.39, 0.29) is 0 Å². The van der Waals surface area contributed by atoms with Crippen LogP contribution in [0.2, 0.25) is 0 Å². The quantitative estimate of drug-likeness (QED) is 0.709. The van der Waals surface area contributed by atoms with Crippen LogP contribution < -0.4 is 5.73 Å². The number of hydrogen-bond donors (Lipinski definition) is 1. The lowest BCUT2D eigenvalue weighted by Gasteiger charge is -2.05. The molecule has 0 aromatic carbocycles. The Hall–Kier alpha value is -0.680. The lowest BCUT2D eigenvalue weighted by molar-refractivity contribution is 0.410. The van der Waals surface area contributed by atoms with E-state index in [0.29, 0.717) is 5.13 Å². The Morgan fingerprint density at radius 1 is 1.55 bits per heavy atom. The Labute approximate surface area is 70.2 Å². The fourth-order valence-corrected chi connectivity index (χ4v) is 1.17. The van der Waals surface area contributed by atoms with Crippen LogP contribution >= 0.6 is 11.5 Å². The van der Waals surface area contributed by atoms with Crippen LogP contribution in [0.15, 0.2) is 0 Å². The van der Waals surface area contributed by atoms with Crippen molar-refractivity contribution in [3.8, 4) is 0 Å². The Morgan fingerprint density at radius 2 is 2.27 bits per heavy atom. The van der Waals surface area contributed by atoms with E-state index in [9.17, 15) is 0 Å². The monoisotopic (exact) mass is 172 g/mol. The molecule has 0 unspecified atom stereocenters. The molecule has 4 nitrogen and oxygen atoms in total. The van der Waals surface area contributed by atoms with Gasteiger partial charge in [0.05, 0.1) is 0 Å². The molecule has 1 rings (SSSR count). The van der Waals surface area contributed by atoms with Crippen LogP contribution in [-0.4, -0.2) is 34.9 Å². The zero-order chi connectivity index (χ0) is 8.27. The highest BCUT2D eigenvalue weighted by Crippen LogP contribution is 2.05. The third-order valence-corrected chi connectivity index (χ3v) is 1.85. The van der Waals surface area contributed by atoms with Gasteiger partial charge in [0, 0.05) is 24.5 Å². The third kappa shape index (κ3) is 2.81. The minimum Gasteiger partial charge on any atom is -0.374 e. The zero-order valence-electron chi connectivity index (χ0n) is 6.74. The highest BCUT2D eigenvalue weighted by atomic mass is 32.1. The highest BCUT2D eigenvalue weighted by molar-refractivity contribution is 7.09. The molecule has 0 aliphatic heterocycles. The summed E-state index contributed by atoms with van der Waals surface area (Å²) in [7, 11) is 4.05. The predicted molar refractivity (Wildman–Crippen MR) is 46.6 cm³/mol. The van der Waals surface area contributed by atoms with Crippen molar-refractivity contribution in [2.75, 3.05) is 26.4 Å². The molecule has 0 atom stereocenters. The van der Waals surface area contributed by atoms with E-state index in [4.69, 9.17) is 5.73 Å². The van der Waals surface area contributed by atoms with Crippen molar-refractivity contribution in [1.82, 2.24) is 14.3 Å². The molecule has 2 N–H and O–H groups in total. The molecule has 0 radical (unpaired) electrons. The molecule has 5 heteroatoms. The lowest BCUT2D eigenvalue weighted by Crippen LogP contribution is -2.15. The molecule has 0 bridgehead atoms. The summed E-state index contributed by atoms with van der Waals surface area (Å²) in [4.78, 5) is 6.14. The molecule has 0 saturated heterocycles. The van der Waals surface area contributed by atoms with Crippen LogP contribution in [0.25, 0.3) is 0 Å². The maximum absolute atomic E-state index is 5.42. The van der Waals surface area contributed by atoms with Crippen molar-refractivity contribution >= 4 is 16.7 Å². The van der Waals surface area contributed by atoms with E-state index < -0.39 is 0 Å². The number of nitrogens with zero attached hydrogens (tertiary/aromatic N) is 3. The molecular weight excluding hydrogens is 160 g/mol. The first-order chi connectivity index (χ1) is 5.18. The van der Waals surface area contributed by atoms with Gasteiger partial charge in [-0.1, -0.05) is 0 Å². The largest absolute Gasteiger partial charge is 0.374 e. The summed E-state index contributed by atoms with van der Waals surface area (Å²) in [6.07, 6.45) is 0.876. The molecule has 11 heavy (non-hydrogen) atoms. The van der Waals surface area contributed by atoms with Gasteiger partial charge in [0.25, 0.3) is 0 Å². The van der Waals surface area contributed by atoms with Crippen molar-refractivity contribution in [3.63, 3.8) is 0 Å². The van der Waals surface area contributed by atoms with Gasteiger partial charge >= 0.3 is 0 Å². The number of anilines is 1. The van der Waals surface area contributed by atoms with Crippen LogP contribution in [0.1, 0.15) is 5.82 Å². The molecule has 0 fully saturated rings. The summed E-state index contributed by atoms with van der Waals surface area (Å²) >= 11 is 1.25. The summed E-state index contributed by atoms with van der Waals surface area (Å²) in [5.41, 5.74) is 5.42. The average Bonchev–Trinajstić information content (AvgIpc) is 2.31. The summed E-state index contributed by atoms with van der Waals surface area (Å²) in [5.74, 6) is 0.848. The SMILES string of the molecule is CN(C)CCc1nsc(N)n1. The van der Waals surface area contributed by atoms with E-state index >= 15 is 0 Å². The fraction of sp³-hybridized carbons (Fsp3) is 0.667. The second-order valence-electron chi connectivity index (χ2n) is 2.60. The summed E-state index contributed by atoms with van der Waals surface area (Å²) in [6.45, 7) is 0.968. The number of likely N-dealkylation sites (N-methyl/N-ethyl adjacent to an activating group) is 1. The molecule has 62 valence electrons. The summed E-state index contributed by atoms with van der Waals surface area (Å²) in [6, 6.07) is 0. The maximum atomic E-state index is 5.42. The Balaban J connectivity index is 2.39. The van der Waals surface area contributed by atoms with Crippen LogP contribution in [-0.2, 0) is 6.42 Å². The number of nitrogens with two attached hydrogens (primary N) is 1. The molecule has 0 amide bonds. The second-order valence-corrected chi connectivity index (χ2v) is 3.39. The van der Waals surface area contributed by atoms with Gasteiger partial charge in [-0.3, -0.25) is 0 Å². The normalized spacial score (nSPS) is 10.8. The van der Waals surface area contributed by atoms with Gasteiger partial charge in [0.15, 0.2) is 5.13 Å². The molecule has 0 spiro atoms. The van der Waals surface area contributed by atoms with Gasteiger partial charge < -0.3 is 10.6 Å². The number of nitrogen functional groups attached to an aromatic ring is 1. The van der Waals surface area contributed by atoms with Crippen LogP contribution in [0, 0.1) is 0 Å². The molecule has 0 aliphatic carbocycles. The van der Waals surface area contributed by atoms with Gasteiger partial charge in [-0.2, -0.15) is 4.37 Å². The van der Waals surface area contributed by atoms with Crippen LogP contribution in [0.3, 0.4) is 0 Å². The van der Waals surface area contributed by atoms with Gasteiger partial charge in [-0.05, 0) is 14.1 Å². The van der Waals surface area contributed by atoms with E-state index in [0.717, 1.165) is 18.8 Å². The Morgan fingerprint density at radius 3 is 2.73 bits per heavy atom.